The van der Waals surface area contributed by atoms with E-state index >= 15 is 0 Å². The minimum atomic E-state index is 0.605. The van der Waals surface area contributed by atoms with Gasteiger partial charge in [-0.15, -0.1) is 11.3 Å². The fourth-order valence-corrected chi connectivity index (χ4v) is 2.90. The van der Waals surface area contributed by atoms with Crippen LogP contribution >= 0.6 is 11.3 Å². The summed E-state index contributed by atoms with van der Waals surface area (Å²) >= 11 is 1.64. The van der Waals surface area contributed by atoms with E-state index in [4.69, 9.17) is 4.42 Å². The largest absolute Gasteiger partial charge is 0.444 e. The van der Waals surface area contributed by atoms with Gasteiger partial charge in [0.2, 0.25) is 5.89 Å². The number of anilines is 1. The molecule has 2 aromatic heterocycles. The smallest absolute Gasteiger partial charge is 0.213 e. The molecule has 2 heterocycles. The lowest BCUT2D eigenvalue weighted by Gasteiger charge is -2.05. The van der Waals surface area contributed by atoms with Crippen LogP contribution in [0.25, 0.3) is 10.6 Å². The molecule has 0 saturated heterocycles. The number of nitrogens with one attached hydrogen (secondary N) is 1. The summed E-state index contributed by atoms with van der Waals surface area (Å²) in [6.07, 6.45) is 6.16. The third-order valence-corrected chi connectivity index (χ3v) is 4.36. The Balaban J connectivity index is 1.45. The molecule has 106 valence electrons. The molecule has 21 heavy (non-hydrogen) atoms. The Kier molecular flexibility index (Phi) is 3.20. The lowest BCUT2D eigenvalue weighted by molar-refractivity contribution is 0.463. The van der Waals surface area contributed by atoms with Crippen LogP contribution in [0.15, 0.2) is 46.5 Å². The van der Waals surface area contributed by atoms with Crippen LogP contribution in [0.3, 0.4) is 0 Å². The van der Waals surface area contributed by atoms with Crippen LogP contribution in [-0.2, 0) is 6.54 Å². The van der Waals surface area contributed by atoms with Gasteiger partial charge in [0.25, 0.3) is 0 Å². The number of hydrogen-bond acceptors (Lipinski definition) is 5. The molecule has 5 heteroatoms. The number of aromatic nitrogens is 2. The number of oxazole rings is 1. The molecule has 0 bridgehead atoms. The van der Waals surface area contributed by atoms with Crippen LogP contribution in [-0.4, -0.2) is 9.97 Å². The highest BCUT2D eigenvalue weighted by Crippen LogP contribution is 2.40. The lowest BCUT2D eigenvalue weighted by atomic mass is 10.2. The number of nitrogens with zero attached hydrogens (tertiary/aromatic N) is 2. The lowest BCUT2D eigenvalue weighted by Crippen LogP contribution is -1.99. The van der Waals surface area contributed by atoms with E-state index in [0.29, 0.717) is 12.5 Å². The van der Waals surface area contributed by atoms with Gasteiger partial charge >= 0.3 is 0 Å². The van der Waals surface area contributed by atoms with Crippen LogP contribution in [0.2, 0.25) is 0 Å². The third kappa shape index (κ3) is 2.83. The SMILES string of the molecule is c1cc(NCc2ncc(C3CC3)o2)cc(-c2nccs2)c1. The second-order valence-corrected chi connectivity index (χ2v) is 6.10. The normalized spacial score (nSPS) is 14.3. The van der Waals surface area contributed by atoms with E-state index in [1.165, 1.54) is 12.8 Å². The van der Waals surface area contributed by atoms with Crippen molar-refractivity contribution >= 4 is 17.0 Å². The second kappa shape index (κ2) is 5.33. The van der Waals surface area contributed by atoms with Gasteiger partial charge in [-0.1, -0.05) is 12.1 Å². The van der Waals surface area contributed by atoms with Crippen molar-refractivity contribution in [2.24, 2.45) is 0 Å². The van der Waals surface area contributed by atoms with Gasteiger partial charge in [0.05, 0.1) is 12.7 Å². The zero-order valence-electron chi connectivity index (χ0n) is 11.5. The summed E-state index contributed by atoms with van der Waals surface area (Å²) in [6, 6.07) is 8.25. The molecule has 4 nitrogen and oxygen atoms in total. The molecule has 1 aliphatic rings. The summed E-state index contributed by atoms with van der Waals surface area (Å²) in [5, 5.41) is 6.38. The Morgan fingerprint density at radius 3 is 3.05 bits per heavy atom. The standard InChI is InChI=1S/C16H15N3OS/c1-2-12(16-17-6-7-21-16)8-13(3-1)18-10-15-19-9-14(20-15)11-4-5-11/h1-3,6-9,11,18H,4-5,10H2. The zero-order chi connectivity index (χ0) is 14.1. The molecular formula is C16H15N3OS. The van der Waals surface area contributed by atoms with E-state index in [-0.39, 0.29) is 0 Å². The van der Waals surface area contributed by atoms with E-state index in [1.54, 1.807) is 11.3 Å². The first-order valence-electron chi connectivity index (χ1n) is 7.07. The molecule has 3 aromatic rings. The molecule has 0 radical (unpaired) electrons. The van der Waals surface area contributed by atoms with Crippen molar-refractivity contribution in [3.63, 3.8) is 0 Å². The molecule has 0 aliphatic heterocycles. The summed E-state index contributed by atoms with van der Waals surface area (Å²) < 4.78 is 5.75. The quantitative estimate of drug-likeness (QED) is 0.763. The van der Waals surface area contributed by atoms with Crippen molar-refractivity contribution in [3.8, 4) is 10.6 Å². The van der Waals surface area contributed by atoms with Gasteiger partial charge < -0.3 is 9.73 Å². The first kappa shape index (κ1) is 12.6. The monoisotopic (exact) mass is 297 g/mol. The molecule has 1 fully saturated rings. The number of rotatable bonds is 5. The minimum Gasteiger partial charge on any atom is -0.444 e. The third-order valence-electron chi connectivity index (χ3n) is 3.54. The van der Waals surface area contributed by atoms with Crippen molar-refractivity contribution in [1.82, 2.24) is 9.97 Å². The Morgan fingerprint density at radius 1 is 1.29 bits per heavy atom. The van der Waals surface area contributed by atoms with E-state index in [2.05, 4.69) is 27.4 Å². The van der Waals surface area contributed by atoms with Crippen molar-refractivity contribution < 1.29 is 4.42 Å². The highest BCUT2D eigenvalue weighted by molar-refractivity contribution is 7.13. The van der Waals surface area contributed by atoms with Crippen molar-refractivity contribution in [1.29, 1.82) is 0 Å². The van der Waals surface area contributed by atoms with Crippen LogP contribution in [0.1, 0.15) is 30.4 Å². The first-order valence-corrected chi connectivity index (χ1v) is 7.95. The molecule has 0 spiro atoms. The average molecular weight is 297 g/mol. The number of benzene rings is 1. The predicted octanol–water partition coefficient (Wildman–Crippen LogP) is 4.29. The van der Waals surface area contributed by atoms with E-state index < -0.39 is 0 Å². The van der Waals surface area contributed by atoms with E-state index in [9.17, 15) is 0 Å². The summed E-state index contributed by atoms with van der Waals surface area (Å²) in [5.74, 6) is 2.39. The Labute approximate surface area is 126 Å². The summed E-state index contributed by atoms with van der Waals surface area (Å²) in [6.45, 7) is 0.605. The fraction of sp³-hybridized carbons (Fsp3) is 0.250. The van der Waals surface area contributed by atoms with Crippen LogP contribution in [0.4, 0.5) is 5.69 Å². The molecule has 1 aromatic carbocycles. The van der Waals surface area contributed by atoms with Gasteiger partial charge in [-0.25, -0.2) is 9.97 Å². The van der Waals surface area contributed by atoms with Gasteiger partial charge in [-0.2, -0.15) is 0 Å². The minimum absolute atomic E-state index is 0.605. The Morgan fingerprint density at radius 2 is 2.24 bits per heavy atom. The highest BCUT2D eigenvalue weighted by atomic mass is 32.1. The molecule has 1 N–H and O–H groups in total. The molecule has 1 saturated carbocycles. The maximum absolute atomic E-state index is 5.75. The zero-order valence-corrected chi connectivity index (χ0v) is 12.3. The average Bonchev–Trinajstić information content (AvgIpc) is 3.05. The van der Waals surface area contributed by atoms with Crippen LogP contribution in [0, 0.1) is 0 Å². The van der Waals surface area contributed by atoms with E-state index in [0.717, 1.165) is 27.9 Å². The molecule has 4 rings (SSSR count). The first-order chi connectivity index (χ1) is 10.4. The van der Waals surface area contributed by atoms with Gasteiger partial charge in [0.1, 0.15) is 10.8 Å². The number of hydrogen-bond donors (Lipinski definition) is 1. The predicted molar refractivity (Wildman–Crippen MR) is 83.4 cm³/mol. The van der Waals surface area contributed by atoms with Gasteiger partial charge in [-0.3, -0.25) is 0 Å². The maximum Gasteiger partial charge on any atom is 0.213 e. The molecule has 0 atom stereocenters. The van der Waals surface area contributed by atoms with Gasteiger partial charge in [0, 0.05) is 28.7 Å². The van der Waals surface area contributed by atoms with Gasteiger partial charge in [-0.05, 0) is 25.0 Å². The van der Waals surface area contributed by atoms with Crippen molar-refractivity contribution in [3.05, 3.63) is 53.7 Å². The fourth-order valence-electron chi connectivity index (χ4n) is 2.27. The van der Waals surface area contributed by atoms with Crippen LogP contribution in [0.5, 0.6) is 0 Å². The van der Waals surface area contributed by atoms with E-state index in [1.807, 2.05) is 29.9 Å². The van der Waals surface area contributed by atoms with Crippen molar-refractivity contribution in [2.45, 2.75) is 25.3 Å². The Hall–Kier alpha value is -2.14. The van der Waals surface area contributed by atoms with Gasteiger partial charge in [0.15, 0.2) is 0 Å². The summed E-state index contributed by atoms with van der Waals surface area (Å²) in [4.78, 5) is 8.66. The topological polar surface area (TPSA) is 51.0 Å². The summed E-state index contributed by atoms with van der Waals surface area (Å²) in [5.41, 5.74) is 2.18. The van der Waals surface area contributed by atoms with Crippen molar-refractivity contribution in [2.75, 3.05) is 5.32 Å². The maximum atomic E-state index is 5.75. The number of thiazole rings is 1. The molecule has 0 unspecified atom stereocenters. The molecular weight excluding hydrogens is 282 g/mol. The summed E-state index contributed by atoms with van der Waals surface area (Å²) in [7, 11) is 0. The molecule has 0 amide bonds. The Bertz CT molecular complexity index is 732. The second-order valence-electron chi connectivity index (χ2n) is 5.20. The highest BCUT2D eigenvalue weighted by Gasteiger charge is 2.27. The molecule has 1 aliphatic carbocycles. The van der Waals surface area contributed by atoms with Crippen LogP contribution < -0.4 is 5.32 Å².